The van der Waals surface area contributed by atoms with Gasteiger partial charge >= 0.3 is 0 Å². The molecule has 0 aliphatic rings. The molecule has 2 N–H and O–H groups in total. The first-order chi connectivity index (χ1) is 16.7. The summed E-state index contributed by atoms with van der Waals surface area (Å²) in [5.41, 5.74) is 3.67. The van der Waals surface area contributed by atoms with Crippen molar-refractivity contribution < 1.29 is 28.5 Å². The van der Waals surface area contributed by atoms with E-state index in [0.717, 1.165) is 39.3 Å². The van der Waals surface area contributed by atoms with E-state index in [1.807, 2.05) is 55.5 Å². The summed E-state index contributed by atoms with van der Waals surface area (Å²) in [7, 11) is 0. The van der Waals surface area contributed by atoms with Crippen molar-refractivity contribution in [2.24, 2.45) is 0 Å². The van der Waals surface area contributed by atoms with Crippen molar-refractivity contribution in [3.8, 4) is 11.5 Å². The first kappa shape index (κ1) is 24.2. The maximum atomic E-state index is 9.01. The maximum absolute atomic E-state index is 9.01. The number of aliphatic hydroxyl groups is 2. The smallest absolute Gasteiger partial charge is 0.226 e. The third-order valence-corrected chi connectivity index (χ3v) is 5.50. The van der Waals surface area contributed by atoms with Gasteiger partial charge in [-0.05, 0) is 55.7 Å². The van der Waals surface area contributed by atoms with Crippen LogP contribution in [0.2, 0.25) is 0 Å². The molecule has 0 radical (unpaired) electrons. The molecule has 4 rings (SSSR count). The molecule has 34 heavy (non-hydrogen) atoms. The fourth-order valence-corrected chi connectivity index (χ4v) is 3.74. The molecule has 0 saturated heterocycles. The van der Waals surface area contributed by atoms with Crippen LogP contribution in [0.4, 0.5) is 0 Å². The molecule has 0 amide bonds. The quantitative estimate of drug-likeness (QED) is 0.219. The Kier molecular flexibility index (Phi) is 8.49. The van der Waals surface area contributed by atoms with Crippen LogP contribution in [0.15, 0.2) is 63.4 Å². The third kappa shape index (κ3) is 6.33. The molecule has 0 unspecified atom stereocenters. The fourth-order valence-electron chi connectivity index (χ4n) is 3.74. The zero-order chi connectivity index (χ0) is 23.8. The molecule has 2 aromatic heterocycles. The van der Waals surface area contributed by atoms with Crippen molar-refractivity contribution in [1.29, 1.82) is 0 Å². The largest absolute Gasteiger partial charge is 0.461 e. The Morgan fingerprint density at radius 1 is 0.912 bits per heavy atom. The lowest BCUT2D eigenvalue weighted by molar-refractivity contribution is -0.144. The van der Waals surface area contributed by atoms with E-state index >= 15 is 0 Å². The summed E-state index contributed by atoms with van der Waals surface area (Å²) in [6, 6.07) is 17.9. The highest BCUT2D eigenvalue weighted by molar-refractivity contribution is 5.78. The van der Waals surface area contributed by atoms with Crippen LogP contribution in [0.5, 0.6) is 0 Å². The first-order valence-electron chi connectivity index (χ1n) is 11.6. The van der Waals surface area contributed by atoms with E-state index < -0.39 is 6.29 Å². The van der Waals surface area contributed by atoms with Crippen molar-refractivity contribution in [3.05, 3.63) is 77.4 Å². The van der Waals surface area contributed by atoms with Gasteiger partial charge in [0.15, 0.2) is 6.29 Å². The second kappa shape index (κ2) is 11.9. The molecule has 2 aromatic carbocycles. The Balaban J connectivity index is 1.46. The van der Waals surface area contributed by atoms with Gasteiger partial charge in [0.2, 0.25) is 5.89 Å². The normalized spacial score (nSPS) is 11.6. The van der Waals surface area contributed by atoms with Gasteiger partial charge < -0.3 is 28.5 Å². The van der Waals surface area contributed by atoms with E-state index in [0.29, 0.717) is 44.8 Å². The molecule has 180 valence electrons. The fraction of sp³-hybridized carbons (Fsp3) is 0.370. The number of benzene rings is 2. The topological polar surface area (TPSA) is 98.1 Å². The molecule has 7 nitrogen and oxygen atoms in total. The minimum Gasteiger partial charge on any atom is -0.461 e. The Morgan fingerprint density at radius 3 is 2.35 bits per heavy atom. The summed E-state index contributed by atoms with van der Waals surface area (Å²) in [5.74, 6) is 2.21. The van der Waals surface area contributed by atoms with Crippen LogP contribution in [0.3, 0.4) is 0 Å². The van der Waals surface area contributed by atoms with Crippen LogP contribution < -0.4 is 0 Å². The predicted molar refractivity (Wildman–Crippen MR) is 128 cm³/mol. The molecule has 7 heteroatoms. The van der Waals surface area contributed by atoms with Crippen molar-refractivity contribution in [1.82, 2.24) is 4.98 Å². The minimum atomic E-state index is -0.434. The highest BCUT2D eigenvalue weighted by Gasteiger charge is 2.16. The number of nitrogens with zero attached hydrogens (tertiary/aromatic N) is 1. The Hall–Kier alpha value is -2.97. The minimum absolute atomic E-state index is 0.0744. The second-order valence-electron chi connectivity index (χ2n) is 8.18. The highest BCUT2D eigenvalue weighted by atomic mass is 16.7. The van der Waals surface area contributed by atoms with E-state index in [2.05, 4.69) is 11.1 Å². The summed E-state index contributed by atoms with van der Waals surface area (Å²) < 4.78 is 23.5. The summed E-state index contributed by atoms with van der Waals surface area (Å²) in [6.45, 7) is 2.90. The van der Waals surface area contributed by atoms with Crippen LogP contribution in [0.25, 0.3) is 22.4 Å². The van der Waals surface area contributed by atoms with Crippen molar-refractivity contribution >= 4 is 11.0 Å². The number of hydrogen-bond acceptors (Lipinski definition) is 7. The number of aromatic nitrogens is 1. The average molecular weight is 466 g/mol. The van der Waals surface area contributed by atoms with Gasteiger partial charge in [0, 0.05) is 30.6 Å². The van der Waals surface area contributed by atoms with Gasteiger partial charge in [-0.3, -0.25) is 0 Å². The van der Waals surface area contributed by atoms with E-state index in [4.69, 9.17) is 28.5 Å². The predicted octanol–water partition coefficient (Wildman–Crippen LogP) is 4.65. The molecule has 0 aliphatic heterocycles. The molecule has 0 saturated carbocycles. The van der Waals surface area contributed by atoms with E-state index in [1.165, 1.54) is 0 Å². The number of rotatable bonds is 13. The lowest BCUT2D eigenvalue weighted by Gasteiger charge is -2.18. The first-order valence-corrected chi connectivity index (χ1v) is 11.6. The standard InChI is InChI=1S/C27H31NO6/c1-19-24(28-27(33-19)21-7-3-2-4-8-21)18-23-17-22-15-20(9-10-25(22)34-23)16-26(31-13-5-11-29)32-14-6-12-30/h2-4,7-10,15,17,26,29-30H,5-6,11-14,16,18H2,1H3. The molecular formula is C27H31NO6. The van der Waals surface area contributed by atoms with Gasteiger partial charge in [-0.15, -0.1) is 0 Å². The number of hydrogen-bond donors (Lipinski definition) is 2. The van der Waals surface area contributed by atoms with Crippen LogP contribution in [0, 0.1) is 6.92 Å². The van der Waals surface area contributed by atoms with Gasteiger partial charge in [-0.1, -0.05) is 24.3 Å². The molecular weight excluding hydrogens is 434 g/mol. The van der Waals surface area contributed by atoms with E-state index in [9.17, 15) is 0 Å². The van der Waals surface area contributed by atoms with Crippen molar-refractivity contribution in [3.63, 3.8) is 0 Å². The zero-order valence-corrected chi connectivity index (χ0v) is 19.4. The summed E-state index contributed by atoms with van der Waals surface area (Å²) in [5, 5.41) is 19.0. The molecule has 0 fully saturated rings. The van der Waals surface area contributed by atoms with Gasteiger partial charge in [0.1, 0.15) is 17.1 Å². The molecule has 0 bridgehead atoms. The summed E-state index contributed by atoms with van der Waals surface area (Å²) in [6.07, 6.45) is 1.78. The SMILES string of the molecule is Cc1oc(-c2ccccc2)nc1Cc1cc2cc(CC(OCCCO)OCCCO)ccc2o1. The van der Waals surface area contributed by atoms with Gasteiger partial charge in [0.05, 0.1) is 25.3 Å². The van der Waals surface area contributed by atoms with Crippen LogP contribution in [0.1, 0.15) is 35.6 Å². The number of aryl methyl sites for hydroxylation is 1. The van der Waals surface area contributed by atoms with Gasteiger partial charge in [0.25, 0.3) is 0 Å². The lowest BCUT2D eigenvalue weighted by atomic mass is 10.1. The number of oxazole rings is 1. The number of ether oxygens (including phenoxy) is 2. The zero-order valence-electron chi connectivity index (χ0n) is 19.4. The van der Waals surface area contributed by atoms with E-state index in [-0.39, 0.29) is 13.2 Å². The molecule has 4 aromatic rings. The Labute approximate surface area is 199 Å². The van der Waals surface area contributed by atoms with Gasteiger partial charge in [-0.2, -0.15) is 0 Å². The molecule has 0 spiro atoms. The maximum Gasteiger partial charge on any atom is 0.226 e. The van der Waals surface area contributed by atoms with Gasteiger partial charge in [-0.25, -0.2) is 4.98 Å². The van der Waals surface area contributed by atoms with Crippen LogP contribution in [-0.4, -0.2) is 47.9 Å². The Bertz CT molecular complexity index is 1160. The lowest BCUT2D eigenvalue weighted by Crippen LogP contribution is -2.22. The molecule has 0 atom stereocenters. The highest BCUT2D eigenvalue weighted by Crippen LogP contribution is 2.27. The van der Waals surface area contributed by atoms with Crippen molar-refractivity contribution in [2.45, 2.75) is 38.9 Å². The van der Waals surface area contributed by atoms with Crippen LogP contribution in [-0.2, 0) is 22.3 Å². The molecule has 2 heterocycles. The molecule has 0 aliphatic carbocycles. The van der Waals surface area contributed by atoms with E-state index in [1.54, 1.807) is 0 Å². The van der Waals surface area contributed by atoms with Crippen molar-refractivity contribution in [2.75, 3.05) is 26.4 Å². The Morgan fingerprint density at radius 2 is 1.65 bits per heavy atom. The summed E-state index contributed by atoms with van der Waals surface area (Å²) >= 11 is 0. The number of fused-ring (bicyclic) bond motifs is 1. The monoisotopic (exact) mass is 465 g/mol. The summed E-state index contributed by atoms with van der Waals surface area (Å²) in [4.78, 5) is 4.68. The van der Waals surface area contributed by atoms with Crippen LogP contribution >= 0.6 is 0 Å². The third-order valence-electron chi connectivity index (χ3n) is 5.50. The second-order valence-corrected chi connectivity index (χ2v) is 8.18. The number of aliphatic hydroxyl groups excluding tert-OH is 2. The number of furan rings is 1. The average Bonchev–Trinajstić information content (AvgIpc) is 3.42.